The fourth-order valence-electron chi connectivity index (χ4n) is 2.75. The maximum absolute atomic E-state index is 12.4. The molecule has 1 aromatic heterocycles. The SMILES string of the molecule is Cc1cc(S[C@@H](C)C(=O)NCc2ccccc2)nc2c(C)cccc12. The average molecular weight is 350 g/mol. The van der Waals surface area contributed by atoms with E-state index in [-0.39, 0.29) is 11.2 Å². The number of rotatable bonds is 5. The summed E-state index contributed by atoms with van der Waals surface area (Å²) < 4.78 is 0. The number of carbonyl (C=O) groups excluding carboxylic acids is 1. The highest BCUT2D eigenvalue weighted by molar-refractivity contribution is 8.00. The Hall–Kier alpha value is -2.33. The van der Waals surface area contributed by atoms with E-state index in [4.69, 9.17) is 4.98 Å². The number of aromatic nitrogens is 1. The number of thioether (sulfide) groups is 1. The largest absolute Gasteiger partial charge is 0.351 e. The number of fused-ring (bicyclic) bond motifs is 1. The maximum atomic E-state index is 12.4. The first-order valence-corrected chi connectivity index (χ1v) is 9.28. The van der Waals surface area contributed by atoms with Crippen molar-refractivity contribution in [3.8, 4) is 0 Å². The first-order valence-electron chi connectivity index (χ1n) is 8.40. The van der Waals surface area contributed by atoms with Crippen LogP contribution in [0.15, 0.2) is 59.6 Å². The lowest BCUT2D eigenvalue weighted by Crippen LogP contribution is -2.30. The number of amides is 1. The van der Waals surface area contributed by atoms with Gasteiger partial charge in [-0.3, -0.25) is 4.79 Å². The van der Waals surface area contributed by atoms with E-state index in [9.17, 15) is 4.79 Å². The van der Waals surface area contributed by atoms with Crippen LogP contribution < -0.4 is 5.32 Å². The highest BCUT2D eigenvalue weighted by Gasteiger charge is 2.16. The molecule has 2 aromatic carbocycles. The zero-order chi connectivity index (χ0) is 17.8. The van der Waals surface area contributed by atoms with Crippen molar-refractivity contribution in [2.45, 2.75) is 37.6 Å². The number of para-hydroxylation sites is 1. The van der Waals surface area contributed by atoms with Crippen molar-refractivity contribution in [2.24, 2.45) is 0 Å². The molecule has 3 nitrogen and oxygen atoms in total. The molecule has 0 radical (unpaired) electrons. The standard InChI is InChI=1S/C21H22N2OS/c1-14-8-7-11-18-15(2)12-19(23-20(14)18)25-16(3)21(24)22-13-17-9-5-4-6-10-17/h4-12,16H,13H2,1-3H3,(H,22,24)/t16-/m0/s1. The van der Waals surface area contributed by atoms with Crippen LogP contribution in [-0.2, 0) is 11.3 Å². The number of hydrogen-bond acceptors (Lipinski definition) is 3. The van der Waals surface area contributed by atoms with E-state index in [1.165, 1.54) is 22.7 Å². The number of pyridine rings is 1. The second-order valence-corrected chi connectivity index (χ2v) is 7.57. The van der Waals surface area contributed by atoms with Crippen molar-refractivity contribution in [3.63, 3.8) is 0 Å². The van der Waals surface area contributed by atoms with Crippen molar-refractivity contribution < 1.29 is 4.79 Å². The fraction of sp³-hybridized carbons (Fsp3) is 0.238. The third kappa shape index (κ3) is 4.20. The number of hydrogen-bond donors (Lipinski definition) is 1. The van der Waals surface area contributed by atoms with E-state index in [2.05, 4.69) is 43.4 Å². The molecule has 4 heteroatoms. The van der Waals surface area contributed by atoms with Gasteiger partial charge in [0.1, 0.15) is 0 Å². The third-order valence-corrected chi connectivity index (χ3v) is 5.22. The minimum absolute atomic E-state index is 0.0261. The second kappa shape index (κ2) is 7.70. The monoisotopic (exact) mass is 350 g/mol. The lowest BCUT2D eigenvalue weighted by Gasteiger charge is -2.13. The van der Waals surface area contributed by atoms with E-state index >= 15 is 0 Å². The molecular formula is C21H22N2OS. The minimum Gasteiger partial charge on any atom is -0.351 e. The van der Waals surface area contributed by atoms with E-state index in [0.29, 0.717) is 6.54 Å². The summed E-state index contributed by atoms with van der Waals surface area (Å²) in [6.07, 6.45) is 0. The number of carbonyl (C=O) groups is 1. The summed E-state index contributed by atoms with van der Waals surface area (Å²) in [6, 6.07) is 18.2. The minimum atomic E-state index is -0.197. The molecule has 3 aromatic rings. The molecule has 0 fully saturated rings. The Kier molecular flexibility index (Phi) is 5.39. The molecule has 0 spiro atoms. The molecule has 0 aliphatic carbocycles. The molecular weight excluding hydrogens is 328 g/mol. The first-order chi connectivity index (χ1) is 12.0. The van der Waals surface area contributed by atoms with Gasteiger partial charge in [-0.25, -0.2) is 4.98 Å². The summed E-state index contributed by atoms with van der Waals surface area (Å²) in [4.78, 5) is 17.1. The zero-order valence-corrected chi connectivity index (χ0v) is 15.6. The van der Waals surface area contributed by atoms with E-state index < -0.39 is 0 Å². The summed E-state index contributed by atoms with van der Waals surface area (Å²) in [5.41, 5.74) is 4.46. The fourth-order valence-corrected chi connectivity index (χ4v) is 3.70. The molecule has 1 heterocycles. The molecule has 1 atom stereocenters. The molecule has 0 saturated carbocycles. The smallest absolute Gasteiger partial charge is 0.233 e. The average Bonchev–Trinajstić information content (AvgIpc) is 2.61. The van der Waals surface area contributed by atoms with E-state index in [0.717, 1.165) is 21.7 Å². The van der Waals surface area contributed by atoms with Crippen LogP contribution in [-0.4, -0.2) is 16.1 Å². The van der Waals surface area contributed by atoms with Crippen LogP contribution in [0.2, 0.25) is 0 Å². The third-order valence-electron chi connectivity index (χ3n) is 4.20. The molecule has 0 unspecified atom stereocenters. The second-order valence-electron chi connectivity index (χ2n) is 6.21. The van der Waals surface area contributed by atoms with Gasteiger partial charge >= 0.3 is 0 Å². The summed E-state index contributed by atoms with van der Waals surface area (Å²) in [6.45, 7) is 6.63. The quantitative estimate of drug-likeness (QED) is 0.681. The van der Waals surface area contributed by atoms with Gasteiger partial charge in [-0.2, -0.15) is 0 Å². The van der Waals surface area contributed by atoms with Crippen LogP contribution in [0.25, 0.3) is 10.9 Å². The van der Waals surface area contributed by atoms with Crippen LogP contribution >= 0.6 is 11.8 Å². The van der Waals surface area contributed by atoms with Crippen molar-refractivity contribution in [2.75, 3.05) is 0 Å². The van der Waals surface area contributed by atoms with Gasteiger partial charge < -0.3 is 5.32 Å². The Morgan fingerprint density at radius 3 is 2.60 bits per heavy atom. The Morgan fingerprint density at radius 2 is 1.84 bits per heavy atom. The van der Waals surface area contributed by atoms with Crippen molar-refractivity contribution in [1.29, 1.82) is 0 Å². The first kappa shape index (κ1) is 17.5. The number of nitrogens with zero attached hydrogens (tertiary/aromatic N) is 1. The molecule has 3 rings (SSSR count). The van der Waals surface area contributed by atoms with E-state index in [1.807, 2.05) is 37.3 Å². The highest BCUT2D eigenvalue weighted by atomic mass is 32.2. The van der Waals surface area contributed by atoms with Gasteiger partial charge in [0.05, 0.1) is 15.8 Å². The van der Waals surface area contributed by atoms with Crippen molar-refractivity contribution >= 4 is 28.6 Å². The van der Waals surface area contributed by atoms with Gasteiger partial charge in [-0.15, -0.1) is 0 Å². The molecule has 0 saturated heterocycles. The number of benzene rings is 2. The predicted octanol–water partition coefficient (Wildman–Crippen LogP) is 4.65. The number of nitrogens with one attached hydrogen (secondary N) is 1. The van der Waals surface area contributed by atoms with Crippen LogP contribution in [0.4, 0.5) is 0 Å². The molecule has 1 N–H and O–H groups in total. The highest BCUT2D eigenvalue weighted by Crippen LogP contribution is 2.28. The van der Waals surface area contributed by atoms with Crippen LogP contribution in [0.3, 0.4) is 0 Å². The van der Waals surface area contributed by atoms with Crippen LogP contribution in [0.1, 0.15) is 23.6 Å². The molecule has 0 bridgehead atoms. The maximum Gasteiger partial charge on any atom is 0.233 e. The van der Waals surface area contributed by atoms with Gasteiger partial charge in [0.2, 0.25) is 5.91 Å². The normalized spacial score (nSPS) is 12.1. The molecule has 25 heavy (non-hydrogen) atoms. The number of aryl methyl sites for hydroxylation is 2. The van der Waals surface area contributed by atoms with Gasteiger partial charge in [0.15, 0.2) is 0 Å². The Morgan fingerprint density at radius 1 is 1.08 bits per heavy atom. The molecule has 0 aliphatic rings. The van der Waals surface area contributed by atoms with E-state index in [1.54, 1.807) is 0 Å². The Labute approximate surface area is 152 Å². The zero-order valence-electron chi connectivity index (χ0n) is 14.7. The summed E-state index contributed by atoms with van der Waals surface area (Å²) in [5.74, 6) is 0.0261. The summed E-state index contributed by atoms with van der Waals surface area (Å²) in [7, 11) is 0. The Bertz CT molecular complexity index is 893. The lowest BCUT2D eigenvalue weighted by molar-refractivity contribution is -0.120. The lowest BCUT2D eigenvalue weighted by atomic mass is 10.1. The van der Waals surface area contributed by atoms with Gasteiger partial charge in [-0.1, -0.05) is 60.3 Å². The molecule has 1 amide bonds. The van der Waals surface area contributed by atoms with Gasteiger partial charge in [0, 0.05) is 11.9 Å². The predicted molar refractivity (Wildman–Crippen MR) is 105 cm³/mol. The summed E-state index contributed by atoms with van der Waals surface area (Å²) >= 11 is 1.50. The van der Waals surface area contributed by atoms with Crippen LogP contribution in [0.5, 0.6) is 0 Å². The topological polar surface area (TPSA) is 42.0 Å². The van der Waals surface area contributed by atoms with Gasteiger partial charge in [0.25, 0.3) is 0 Å². The summed E-state index contributed by atoms with van der Waals surface area (Å²) in [5, 5.41) is 4.86. The van der Waals surface area contributed by atoms with Crippen LogP contribution in [0, 0.1) is 13.8 Å². The van der Waals surface area contributed by atoms with Crippen molar-refractivity contribution in [3.05, 3.63) is 71.3 Å². The van der Waals surface area contributed by atoms with Gasteiger partial charge in [-0.05, 0) is 43.5 Å². The molecule has 0 aliphatic heterocycles. The van der Waals surface area contributed by atoms with Crippen molar-refractivity contribution in [1.82, 2.24) is 10.3 Å². The molecule has 128 valence electrons. The Balaban J connectivity index is 1.70.